The molecule has 3 heteroatoms. The lowest BCUT2D eigenvalue weighted by Crippen LogP contribution is -2.40. The first-order chi connectivity index (χ1) is 8.75. The predicted octanol–water partition coefficient (Wildman–Crippen LogP) is 2.10. The lowest BCUT2D eigenvalue weighted by Gasteiger charge is -2.32. The molecular weight excluding hydrogens is 226 g/mol. The van der Waals surface area contributed by atoms with Crippen molar-refractivity contribution < 1.29 is 9.53 Å². The fourth-order valence-corrected chi connectivity index (χ4v) is 2.85. The fourth-order valence-electron chi connectivity index (χ4n) is 2.85. The van der Waals surface area contributed by atoms with Gasteiger partial charge in [0.25, 0.3) is 5.91 Å². The lowest BCUT2D eigenvalue weighted by molar-refractivity contribution is -0.133. The fraction of sp³-hybridized carbons (Fsp3) is 0.533. The van der Waals surface area contributed by atoms with Gasteiger partial charge in [0, 0.05) is 13.1 Å². The zero-order valence-corrected chi connectivity index (χ0v) is 10.8. The van der Waals surface area contributed by atoms with Crippen molar-refractivity contribution in [1.29, 1.82) is 0 Å². The molecule has 1 unspecified atom stereocenters. The first kappa shape index (κ1) is 11.7. The summed E-state index contributed by atoms with van der Waals surface area (Å²) < 4.78 is 5.06. The summed E-state index contributed by atoms with van der Waals surface area (Å²) in [5, 5.41) is 0. The van der Waals surface area contributed by atoms with E-state index >= 15 is 0 Å². The molecule has 2 aliphatic rings. The predicted molar refractivity (Wildman–Crippen MR) is 69.5 cm³/mol. The summed E-state index contributed by atoms with van der Waals surface area (Å²) in [4.78, 5) is 13.8. The molecule has 18 heavy (non-hydrogen) atoms. The van der Waals surface area contributed by atoms with Gasteiger partial charge in [0.1, 0.15) is 0 Å². The van der Waals surface area contributed by atoms with Crippen molar-refractivity contribution in [3.8, 4) is 0 Å². The van der Waals surface area contributed by atoms with Crippen LogP contribution in [0.3, 0.4) is 0 Å². The quantitative estimate of drug-likeness (QED) is 0.747. The topological polar surface area (TPSA) is 32.8 Å². The Bertz CT molecular complexity index is 446. The minimum atomic E-state index is -0.125. The number of nitrogens with zero attached hydrogens (tertiary/aromatic N) is 1. The zero-order chi connectivity index (χ0) is 12.5. The molecule has 3 rings (SSSR count). The molecule has 1 aromatic rings. The average molecular weight is 245 g/mol. The van der Waals surface area contributed by atoms with Crippen molar-refractivity contribution in [2.45, 2.75) is 31.8 Å². The highest BCUT2D eigenvalue weighted by molar-refractivity contribution is 5.83. The van der Waals surface area contributed by atoms with Crippen molar-refractivity contribution in [3.05, 3.63) is 35.4 Å². The highest BCUT2D eigenvalue weighted by Crippen LogP contribution is 2.30. The van der Waals surface area contributed by atoms with Crippen LogP contribution in [0.25, 0.3) is 0 Å². The van der Waals surface area contributed by atoms with Crippen molar-refractivity contribution in [2.75, 3.05) is 19.7 Å². The Kier molecular flexibility index (Phi) is 3.08. The summed E-state index contributed by atoms with van der Waals surface area (Å²) in [6.07, 6.45) is 2.02. The van der Waals surface area contributed by atoms with Crippen LogP contribution in [-0.4, -0.2) is 36.6 Å². The minimum absolute atomic E-state index is 0.125. The normalized spacial score (nSPS) is 24.1. The van der Waals surface area contributed by atoms with Gasteiger partial charge in [-0.2, -0.15) is 0 Å². The van der Waals surface area contributed by atoms with Crippen molar-refractivity contribution >= 4 is 5.91 Å². The maximum Gasteiger partial charge on any atom is 0.254 e. The largest absolute Gasteiger partial charge is 0.363 e. The van der Waals surface area contributed by atoms with Gasteiger partial charge in [0.05, 0.1) is 6.61 Å². The maximum atomic E-state index is 11.9. The number of amides is 1. The van der Waals surface area contributed by atoms with E-state index in [1.165, 1.54) is 11.1 Å². The molecule has 2 heterocycles. The molecule has 1 atom stereocenters. The molecule has 0 aliphatic carbocycles. The zero-order valence-electron chi connectivity index (χ0n) is 10.8. The van der Waals surface area contributed by atoms with Gasteiger partial charge in [-0.25, -0.2) is 0 Å². The Morgan fingerprint density at radius 1 is 1.28 bits per heavy atom. The van der Waals surface area contributed by atoms with E-state index in [2.05, 4.69) is 31.2 Å². The number of carbonyl (C=O) groups is 1. The molecule has 0 saturated carbocycles. The average Bonchev–Trinajstić information content (AvgIpc) is 3.23. The standard InChI is InChI=1S/C15H19NO2/c1-11-4-2-3-5-13(11)12-6-8-16(9-7-12)15(17)14-10-18-14/h2-5,12,14H,6-10H2,1H3. The molecule has 2 aliphatic heterocycles. The first-order valence-electron chi connectivity index (χ1n) is 6.71. The minimum Gasteiger partial charge on any atom is -0.363 e. The summed E-state index contributed by atoms with van der Waals surface area (Å²) in [6, 6.07) is 8.59. The molecular formula is C15H19NO2. The number of rotatable bonds is 2. The van der Waals surface area contributed by atoms with Gasteiger partial charge in [-0.15, -0.1) is 0 Å². The number of benzene rings is 1. The number of likely N-dealkylation sites (tertiary alicyclic amines) is 1. The SMILES string of the molecule is Cc1ccccc1C1CCN(C(=O)C2CO2)CC1. The van der Waals surface area contributed by atoms with E-state index in [1.54, 1.807) is 0 Å². The van der Waals surface area contributed by atoms with E-state index in [-0.39, 0.29) is 12.0 Å². The summed E-state index contributed by atoms with van der Waals surface area (Å²) in [7, 11) is 0. The van der Waals surface area contributed by atoms with Crippen LogP contribution < -0.4 is 0 Å². The van der Waals surface area contributed by atoms with Crippen LogP contribution >= 0.6 is 0 Å². The molecule has 0 aromatic heterocycles. The molecule has 3 nitrogen and oxygen atoms in total. The second-order valence-corrected chi connectivity index (χ2v) is 5.28. The highest BCUT2D eigenvalue weighted by Gasteiger charge is 2.36. The Morgan fingerprint density at radius 2 is 1.94 bits per heavy atom. The number of ether oxygens (including phenoxy) is 1. The highest BCUT2D eigenvalue weighted by atomic mass is 16.6. The monoisotopic (exact) mass is 245 g/mol. The van der Waals surface area contributed by atoms with Crippen LogP contribution in [0, 0.1) is 6.92 Å². The third-order valence-corrected chi connectivity index (χ3v) is 4.04. The first-order valence-corrected chi connectivity index (χ1v) is 6.71. The van der Waals surface area contributed by atoms with Gasteiger partial charge >= 0.3 is 0 Å². The Labute approximate surface area is 108 Å². The second-order valence-electron chi connectivity index (χ2n) is 5.28. The third kappa shape index (κ3) is 2.27. The van der Waals surface area contributed by atoms with E-state index in [0.29, 0.717) is 12.5 Å². The number of carbonyl (C=O) groups excluding carboxylic acids is 1. The molecule has 2 fully saturated rings. The molecule has 1 amide bonds. The van der Waals surface area contributed by atoms with Crippen molar-refractivity contribution in [3.63, 3.8) is 0 Å². The van der Waals surface area contributed by atoms with E-state index in [4.69, 9.17) is 4.74 Å². The van der Waals surface area contributed by atoms with Crippen LogP contribution in [0.15, 0.2) is 24.3 Å². The van der Waals surface area contributed by atoms with Crippen LogP contribution in [0.5, 0.6) is 0 Å². The molecule has 2 saturated heterocycles. The Balaban J connectivity index is 1.63. The van der Waals surface area contributed by atoms with Crippen molar-refractivity contribution in [1.82, 2.24) is 4.90 Å². The van der Waals surface area contributed by atoms with Gasteiger partial charge in [-0.05, 0) is 36.8 Å². The molecule has 0 N–H and O–H groups in total. The van der Waals surface area contributed by atoms with E-state index in [0.717, 1.165) is 25.9 Å². The van der Waals surface area contributed by atoms with Crippen LogP contribution in [0.1, 0.15) is 29.9 Å². The maximum absolute atomic E-state index is 11.9. The number of aryl methyl sites for hydroxylation is 1. The number of hydrogen-bond donors (Lipinski definition) is 0. The van der Waals surface area contributed by atoms with Crippen molar-refractivity contribution in [2.24, 2.45) is 0 Å². The summed E-state index contributed by atoms with van der Waals surface area (Å²) in [5.41, 5.74) is 2.82. The van der Waals surface area contributed by atoms with Crippen LogP contribution in [0.4, 0.5) is 0 Å². The smallest absolute Gasteiger partial charge is 0.254 e. The van der Waals surface area contributed by atoms with Gasteiger partial charge in [-0.3, -0.25) is 4.79 Å². The van der Waals surface area contributed by atoms with Gasteiger partial charge < -0.3 is 9.64 Å². The van der Waals surface area contributed by atoms with E-state index in [1.807, 2.05) is 4.90 Å². The van der Waals surface area contributed by atoms with Crippen LogP contribution in [0.2, 0.25) is 0 Å². The Hall–Kier alpha value is -1.35. The summed E-state index contributed by atoms with van der Waals surface area (Å²) >= 11 is 0. The lowest BCUT2D eigenvalue weighted by atomic mass is 9.87. The molecule has 0 radical (unpaired) electrons. The third-order valence-electron chi connectivity index (χ3n) is 4.04. The molecule has 0 bridgehead atoms. The van der Waals surface area contributed by atoms with Crippen LogP contribution in [-0.2, 0) is 9.53 Å². The van der Waals surface area contributed by atoms with Gasteiger partial charge in [0.15, 0.2) is 6.10 Å². The van der Waals surface area contributed by atoms with E-state index in [9.17, 15) is 4.79 Å². The molecule has 0 spiro atoms. The van der Waals surface area contributed by atoms with E-state index < -0.39 is 0 Å². The van der Waals surface area contributed by atoms with Gasteiger partial charge in [-0.1, -0.05) is 24.3 Å². The number of hydrogen-bond acceptors (Lipinski definition) is 2. The second kappa shape index (κ2) is 4.73. The molecule has 96 valence electrons. The number of epoxide rings is 1. The van der Waals surface area contributed by atoms with Gasteiger partial charge in [0.2, 0.25) is 0 Å². The number of piperidine rings is 1. The summed E-state index contributed by atoms with van der Waals surface area (Å²) in [6.45, 7) is 4.54. The summed E-state index contributed by atoms with van der Waals surface area (Å²) in [5.74, 6) is 0.800. The molecule has 1 aromatic carbocycles. The Morgan fingerprint density at radius 3 is 2.56 bits per heavy atom.